The third-order valence-electron chi connectivity index (χ3n) is 5.00. The van der Waals surface area contributed by atoms with Gasteiger partial charge in [0.15, 0.2) is 5.76 Å². The van der Waals surface area contributed by atoms with Crippen molar-refractivity contribution in [2.24, 2.45) is 5.41 Å². The van der Waals surface area contributed by atoms with Gasteiger partial charge in [0.05, 0.1) is 6.61 Å². The van der Waals surface area contributed by atoms with Gasteiger partial charge in [0.2, 0.25) is 0 Å². The Morgan fingerprint density at radius 3 is 2.54 bits per heavy atom. The first-order valence-corrected chi connectivity index (χ1v) is 9.99. The number of nitrogens with one attached hydrogen (secondary N) is 1. The molecule has 0 aliphatic carbocycles. The third kappa shape index (κ3) is 5.93. The maximum atomic E-state index is 13.9. The van der Waals surface area contributed by atoms with Crippen molar-refractivity contribution < 1.29 is 13.9 Å². The Bertz CT molecular complexity index is 622. The van der Waals surface area contributed by atoms with Crippen molar-refractivity contribution in [1.82, 2.24) is 10.2 Å². The summed E-state index contributed by atoms with van der Waals surface area (Å²) < 4.78 is 19.4. The van der Waals surface area contributed by atoms with Crippen LogP contribution < -0.4 is 5.32 Å². The van der Waals surface area contributed by atoms with Crippen LogP contribution in [0, 0.1) is 5.41 Å². The van der Waals surface area contributed by atoms with Gasteiger partial charge in [-0.2, -0.15) is 0 Å². The standard InChI is InChI=1S/C19H27FN2O2.C2H6.C2H4/c1-5-15(20)12-16-14(3)22(18(23)17-8-7-11-24-17)13-19(16,6-2)9-10-21-4;2*1-2/h5,8,12,21H,1,6-7,9-11,13H2,2-4H3;1-2H3;1-2H2/b15-12+;;. The number of hydrogen-bond donors (Lipinski definition) is 1. The number of amides is 1. The van der Waals surface area contributed by atoms with E-state index in [1.54, 1.807) is 4.90 Å². The molecule has 1 amide bonds. The molecule has 1 N–H and O–H groups in total. The summed E-state index contributed by atoms with van der Waals surface area (Å²) >= 11 is 0. The highest BCUT2D eigenvalue weighted by Gasteiger charge is 2.43. The van der Waals surface area contributed by atoms with E-state index >= 15 is 0 Å². The minimum Gasteiger partial charge on any atom is -0.488 e. The monoisotopic (exact) mass is 392 g/mol. The number of ether oxygens (including phenoxy) is 1. The zero-order valence-electron chi connectivity index (χ0n) is 18.2. The molecule has 0 spiro atoms. The summed E-state index contributed by atoms with van der Waals surface area (Å²) in [5.74, 6) is -0.102. The van der Waals surface area contributed by atoms with Crippen LogP contribution in [0.25, 0.3) is 0 Å². The van der Waals surface area contributed by atoms with E-state index in [4.69, 9.17) is 4.74 Å². The number of nitrogens with zero attached hydrogens (tertiary/aromatic N) is 1. The van der Waals surface area contributed by atoms with Crippen LogP contribution in [0.5, 0.6) is 0 Å². The molecular formula is C23H37FN2O2. The molecule has 0 saturated heterocycles. The van der Waals surface area contributed by atoms with Crippen molar-refractivity contribution in [3.05, 3.63) is 60.8 Å². The summed E-state index contributed by atoms with van der Waals surface area (Å²) in [5.41, 5.74) is 1.42. The van der Waals surface area contributed by atoms with Crippen molar-refractivity contribution >= 4 is 5.91 Å². The second-order valence-corrected chi connectivity index (χ2v) is 6.32. The Balaban J connectivity index is 0.00000171. The van der Waals surface area contributed by atoms with Gasteiger partial charge in [-0.1, -0.05) is 27.4 Å². The topological polar surface area (TPSA) is 41.6 Å². The van der Waals surface area contributed by atoms with Crippen LogP contribution in [0.1, 0.15) is 47.0 Å². The average molecular weight is 393 g/mol. The number of allylic oxidation sites excluding steroid dienone is 4. The zero-order valence-corrected chi connectivity index (χ0v) is 18.2. The molecule has 2 heterocycles. The number of carbonyl (C=O) groups is 1. The SMILES string of the molecule is C=C.C=C/C(F)=C\C1=C(C)N(C(=O)C2=CCCO2)CC1(CC)CCNC.CC. The van der Waals surface area contributed by atoms with Gasteiger partial charge in [-0.15, -0.1) is 13.2 Å². The van der Waals surface area contributed by atoms with E-state index in [0.29, 0.717) is 18.9 Å². The van der Waals surface area contributed by atoms with Gasteiger partial charge in [-0.3, -0.25) is 4.79 Å². The zero-order chi connectivity index (χ0) is 21.7. The maximum absolute atomic E-state index is 13.9. The molecule has 1 unspecified atom stereocenters. The number of rotatable bonds is 7. The first kappa shape index (κ1) is 25.9. The molecule has 28 heavy (non-hydrogen) atoms. The van der Waals surface area contributed by atoms with Gasteiger partial charge >= 0.3 is 0 Å². The Labute approximate surface area is 170 Å². The number of halogens is 1. The molecule has 2 rings (SSSR count). The second kappa shape index (κ2) is 13.1. The quantitative estimate of drug-likeness (QED) is 0.473. The largest absolute Gasteiger partial charge is 0.488 e. The molecule has 158 valence electrons. The lowest BCUT2D eigenvalue weighted by Crippen LogP contribution is -2.36. The van der Waals surface area contributed by atoms with Crippen LogP contribution in [-0.4, -0.2) is 37.6 Å². The molecule has 0 aromatic carbocycles. The van der Waals surface area contributed by atoms with E-state index in [0.717, 1.165) is 37.1 Å². The fourth-order valence-electron chi connectivity index (χ4n) is 3.47. The number of hydrogen-bond acceptors (Lipinski definition) is 3. The molecule has 0 radical (unpaired) electrons. The van der Waals surface area contributed by atoms with E-state index < -0.39 is 0 Å². The normalized spacial score (nSPS) is 21.1. The molecule has 0 fully saturated rings. The Morgan fingerprint density at radius 1 is 1.43 bits per heavy atom. The van der Waals surface area contributed by atoms with Gasteiger partial charge in [-0.05, 0) is 57.2 Å². The molecular weight excluding hydrogens is 355 g/mol. The lowest BCUT2D eigenvalue weighted by molar-refractivity contribution is -0.128. The third-order valence-corrected chi connectivity index (χ3v) is 5.00. The van der Waals surface area contributed by atoms with Crippen LogP contribution in [0.4, 0.5) is 4.39 Å². The molecule has 2 aliphatic rings. The van der Waals surface area contributed by atoms with Gasteiger partial charge < -0.3 is 15.0 Å². The highest BCUT2D eigenvalue weighted by molar-refractivity contribution is 5.93. The van der Waals surface area contributed by atoms with Crippen LogP contribution in [0.2, 0.25) is 0 Å². The van der Waals surface area contributed by atoms with Gasteiger partial charge in [0.1, 0.15) is 5.83 Å². The van der Waals surface area contributed by atoms with Gasteiger partial charge in [-0.25, -0.2) is 4.39 Å². The van der Waals surface area contributed by atoms with Crippen LogP contribution >= 0.6 is 0 Å². The molecule has 5 heteroatoms. The summed E-state index contributed by atoms with van der Waals surface area (Å²) in [6.45, 7) is 19.4. The molecule has 0 bridgehead atoms. The van der Waals surface area contributed by atoms with Gasteiger partial charge in [0, 0.05) is 24.1 Å². The lowest BCUT2D eigenvalue weighted by atomic mass is 9.76. The van der Waals surface area contributed by atoms with Crippen LogP contribution in [0.3, 0.4) is 0 Å². The van der Waals surface area contributed by atoms with E-state index in [2.05, 4.69) is 32.0 Å². The van der Waals surface area contributed by atoms with Crippen molar-refractivity contribution in [2.45, 2.75) is 47.0 Å². The fourth-order valence-corrected chi connectivity index (χ4v) is 3.47. The Kier molecular flexibility index (Phi) is 12.1. The van der Waals surface area contributed by atoms with Gasteiger partial charge in [0.25, 0.3) is 5.91 Å². The minimum absolute atomic E-state index is 0.130. The highest BCUT2D eigenvalue weighted by atomic mass is 19.1. The molecule has 4 nitrogen and oxygen atoms in total. The maximum Gasteiger partial charge on any atom is 0.292 e. The predicted molar refractivity (Wildman–Crippen MR) is 116 cm³/mol. The fraction of sp³-hybridized carbons (Fsp3) is 0.522. The van der Waals surface area contributed by atoms with Crippen LogP contribution in [0.15, 0.2) is 60.8 Å². The molecule has 0 aromatic heterocycles. The van der Waals surface area contributed by atoms with Crippen molar-refractivity contribution in [2.75, 3.05) is 26.7 Å². The number of carbonyl (C=O) groups excluding carboxylic acids is 1. The summed E-state index contributed by atoms with van der Waals surface area (Å²) in [5, 5.41) is 3.16. The summed E-state index contributed by atoms with van der Waals surface area (Å²) in [7, 11) is 1.90. The van der Waals surface area contributed by atoms with E-state index in [9.17, 15) is 9.18 Å². The minimum atomic E-state index is -0.378. The smallest absolute Gasteiger partial charge is 0.292 e. The highest BCUT2D eigenvalue weighted by Crippen LogP contribution is 2.46. The van der Waals surface area contributed by atoms with E-state index in [1.165, 1.54) is 12.2 Å². The van der Waals surface area contributed by atoms with E-state index in [1.807, 2.05) is 33.9 Å². The Hall–Kier alpha value is -2.14. The summed E-state index contributed by atoms with van der Waals surface area (Å²) in [4.78, 5) is 14.5. The van der Waals surface area contributed by atoms with Crippen molar-refractivity contribution in [3.8, 4) is 0 Å². The second-order valence-electron chi connectivity index (χ2n) is 6.32. The molecule has 2 aliphatic heterocycles. The summed E-state index contributed by atoms with van der Waals surface area (Å²) in [6, 6.07) is 0. The first-order chi connectivity index (χ1) is 13.5. The predicted octanol–water partition coefficient (Wildman–Crippen LogP) is 5.28. The summed E-state index contributed by atoms with van der Waals surface area (Å²) in [6.07, 6.45) is 6.97. The van der Waals surface area contributed by atoms with Crippen LogP contribution in [-0.2, 0) is 9.53 Å². The molecule has 0 saturated carbocycles. The van der Waals surface area contributed by atoms with Crippen molar-refractivity contribution in [3.63, 3.8) is 0 Å². The Morgan fingerprint density at radius 2 is 2.07 bits per heavy atom. The molecule has 0 aromatic rings. The average Bonchev–Trinajstić information content (AvgIpc) is 3.37. The first-order valence-electron chi connectivity index (χ1n) is 9.99. The van der Waals surface area contributed by atoms with E-state index in [-0.39, 0.29) is 17.1 Å². The van der Waals surface area contributed by atoms with Crippen molar-refractivity contribution in [1.29, 1.82) is 0 Å². The molecule has 1 atom stereocenters. The lowest BCUT2D eigenvalue weighted by Gasteiger charge is -2.31.